The van der Waals surface area contributed by atoms with Crippen LogP contribution in [0.2, 0.25) is 5.02 Å². The molecular weight excluding hydrogens is 501 g/mol. The van der Waals surface area contributed by atoms with Gasteiger partial charge in [-0.3, -0.25) is 14.5 Å². The van der Waals surface area contributed by atoms with Crippen LogP contribution in [0, 0.1) is 11.7 Å². The molecule has 1 aliphatic rings. The number of nitrogens with zero attached hydrogens (tertiary/aromatic N) is 3. The van der Waals surface area contributed by atoms with Crippen LogP contribution in [0.4, 0.5) is 4.39 Å². The number of rotatable bonds is 9. The maximum absolute atomic E-state index is 13.4. The molecule has 1 atom stereocenters. The number of benzene rings is 2. The topological polar surface area (TPSA) is 62.7 Å². The Morgan fingerprint density at radius 2 is 1.94 bits per heavy atom. The number of piperidine rings is 1. The van der Waals surface area contributed by atoms with Crippen LogP contribution in [0.3, 0.4) is 0 Å². The van der Waals surface area contributed by atoms with E-state index in [9.17, 15) is 14.0 Å². The van der Waals surface area contributed by atoms with Crippen molar-refractivity contribution in [2.24, 2.45) is 5.92 Å². The number of hydrogen-bond donors (Lipinski definition) is 0. The lowest BCUT2D eigenvalue weighted by Crippen LogP contribution is -2.43. The zero-order valence-corrected chi connectivity index (χ0v) is 21.7. The highest BCUT2D eigenvalue weighted by Crippen LogP contribution is 2.23. The van der Waals surface area contributed by atoms with Gasteiger partial charge in [0.05, 0.1) is 19.1 Å². The summed E-state index contributed by atoms with van der Waals surface area (Å²) in [6.45, 7) is 4.81. The summed E-state index contributed by atoms with van der Waals surface area (Å²) in [6.07, 6.45) is 1.49. The van der Waals surface area contributed by atoms with Gasteiger partial charge in [0.2, 0.25) is 0 Å². The lowest BCUT2D eigenvalue weighted by Gasteiger charge is -2.31. The van der Waals surface area contributed by atoms with Crippen molar-refractivity contribution >= 4 is 34.8 Å². The molecule has 1 aliphatic heterocycles. The van der Waals surface area contributed by atoms with Crippen LogP contribution in [0.25, 0.3) is 0 Å². The third kappa shape index (κ3) is 7.12. The fourth-order valence-electron chi connectivity index (χ4n) is 4.36. The Bertz CT molecular complexity index is 1190. The van der Waals surface area contributed by atoms with E-state index in [1.165, 1.54) is 23.5 Å². The molecular formula is C27H29ClFN3O3S. The van der Waals surface area contributed by atoms with E-state index in [1.54, 1.807) is 29.3 Å². The minimum atomic E-state index is -0.287. The van der Waals surface area contributed by atoms with Gasteiger partial charge >= 0.3 is 5.97 Å². The quantitative estimate of drug-likeness (QED) is 0.340. The molecule has 0 radical (unpaired) electrons. The molecule has 190 valence electrons. The summed E-state index contributed by atoms with van der Waals surface area (Å²) in [5.74, 6) is -0.964. The summed E-state index contributed by atoms with van der Waals surface area (Å²) >= 11 is 7.62. The average Bonchev–Trinajstić information content (AvgIpc) is 3.33. The Morgan fingerprint density at radius 1 is 1.17 bits per heavy atom. The Balaban J connectivity index is 1.45. The van der Waals surface area contributed by atoms with Gasteiger partial charge in [0.1, 0.15) is 16.5 Å². The van der Waals surface area contributed by atoms with Crippen LogP contribution in [0.5, 0.6) is 0 Å². The molecule has 1 unspecified atom stereocenters. The van der Waals surface area contributed by atoms with Gasteiger partial charge in [-0.25, -0.2) is 9.37 Å². The van der Waals surface area contributed by atoms with Crippen molar-refractivity contribution in [2.45, 2.75) is 39.4 Å². The number of ether oxygens (including phenoxy) is 1. The number of carbonyl (C=O) groups is 2. The van der Waals surface area contributed by atoms with Crippen molar-refractivity contribution in [1.82, 2.24) is 14.8 Å². The summed E-state index contributed by atoms with van der Waals surface area (Å²) in [4.78, 5) is 33.8. The summed E-state index contributed by atoms with van der Waals surface area (Å²) in [6, 6.07) is 14.1. The molecule has 2 heterocycles. The van der Waals surface area contributed by atoms with Gasteiger partial charge in [0, 0.05) is 36.6 Å². The lowest BCUT2D eigenvalue weighted by molar-refractivity contribution is -0.149. The summed E-state index contributed by atoms with van der Waals surface area (Å²) < 4.78 is 18.6. The molecule has 0 bridgehead atoms. The van der Waals surface area contributed by atoms with Gasteiger partial charge in [0.25, 0.3) is 5.91 Å². The molecule has 0 N–H and O–H groups in total. The zero-order valence-electron chi connectivity index (χ0n) is 20.2. The minimum absolute atomic E-state index is 0.161. The average molecular weight is 530 g/mol. The second-order valence-corrected chi connectivity index (χ2v) is 10.2. The first-order chi connectivity index (χ1) is 17.4. The number of carbonyl (C=O) groups excluding carboxylic acids is 2. The van der Waals surface area contributed by atoms with Gasteiger partial charge in [-0.05, 0) is 55.2 Å². The molecule has 2 aromatic carbocycles. The van der Waals surface area contributed by atoms with E-state index in [2.05, 4.69) is 9.88 Å². The van der Waals surface area contributed by atoms with Crippen LogP contribution < -0.4 is 0 Å². The van der Waals surface area contributed by atoms with E-state index in [-0.39, 0.29) is 23.6 Å². The molecule has 1 saturated heterocycles. The standard InChI is InChI=1S/C27H29ClFN3O3S/c1-2-35-27(34)21-6-4-12-32(16-21)26(33)24-18-36-25(30-24)17-31(14-19-8-10-23(29)11-9-19)15-20-5-3-7-22(28)13-20/h3,5,7-11,13,18,21H,2,4,6,12,14-17H2,1H3. The third-order valence-electron chi connectivity index (χ3n) is 6.07. The first-order valence-electron chi connectivity index (χ1n) is 12.0. The van der Waals surface area contributed by atoms with E-state index in [0.717, 1.165) is 29.0 Å². The largest absolute Gasteiger partial charge is 0.466 e. The molecule has 36 heavy (non-hydrogen) atoms. The molecule has 1 aromatic heterocycles. The summed E-state index contributed by atoms with van der Waals surface area (Å²) in [5, 5.41) is 3.25. The molecule has 1 amide bonds. The molecule has 0 saturated carbocycles. The first-order valence-corrected chi connectivity index (χ1v) is 13.3. The van der Waals surface area contributed by atoms with Crippen molar-refractivity contribution in [1.29, 1.82) is 0 Å². The van der Waals surface area contributed by atoms with Crippen molar-refractivity contribution in [3.8, 4) is 0 Å². The number of likely N-dealkylation sites (tertiary alicyclic amines) is 1. The molecule has 0 aliphatic carbocycles. The Morgan fingerprint density at radius 3 is 2.69 bits per heavy atom. The van der Waals surface area contributed by atoms with E-state index in [4.69, 9.17) is 16.3 Å². The highest BCUT2D eigenvalue weighted by Gasteiger charge is 2.30. The minimum Gasteiger partial charge on any atom is -0.466 e. The highest BCUT2D eigenvalue weighted by atomic mass is 35.5. The van der Waals surface area contributed by atoms with Crippen LogP contribution >= 0.6 is 22.9 Å². The SMILES string of the molecule is CCOC(=O)C1CCCN(C(=O)c2csc(CN(Cc3ccc(F)cc3)Cc3cccc(Cl)c3)n2)C1. The van der Waals surface area contributed by atoms with E-state index < -0.39 is 0 Å². The molecule has 3 aromatic rings. The Labute approximate surface area is 219 Å². The van der Waals surface area contributed by atoms with Crippen LogP contribution in [-0.4, -0.2) is 46.4 Å². The van der Waals surface area contributed by atoms with Crippen molar-refractivity contribution < 1.29 is 18.7 Å². The van der Waals surface area contributed by atoms with Crippen LogP contribution in [0.1, 0.15) is 46.4 Å². The number of aromatic nitrogens is 1. The zero-order chi connectivity index (χ0) is 25.5. The number of esters is 1. The number of hydrogen-bond acceptors (Lipinski definition) is 6. The molecule has 1 fully saturated rings. The predicted molar refractivity (Wildman–Crippen MR) is 138 cm³/mol. The van der Waals surface area contributed by atoms with Gasteiger partial charge in [-0.15, -0.1) is 11.3 Å². The third-order valence-corrected chi connectivity index (χ3v) is 7.14. The maximum atomic E-state index is 13.4. The van der Waals surface area contributed by atoms with E-state index in [1.807, 2.05) is 24.3 Å². The summed E-state index contributed by atoms with van der Waals surface area (Å²) in [7, 11) is 0. The fourth-order valence-corrected chi connectivity index (χ4v) is 5.38. The second kappa shape index (κ2) is 12.4. The monoisotopic (exact) mass is 529 g/mol. The predicted octanol–water partition coefficient (Wildman–Crippen LogP) is 5.55. The van der Waals surface area contributed by atoms with Crippen molar-refractivity contribution in [3.63, 3.8) is 0 Å². The summed E-state index contributed by atoms with van der Waals surface area (Å²) in [5.41, 5.74) is 2.42. The molecule has 4 rings (SSSR count). The van der Waals surface area contributed by atoms with Crippen molar-refractivity contribution in [3.05, 3.63) is 86.6 Å². The first kappa shape index (κ1) is 26.3. The van der Waals surface area contributed by atoms with Crippen molar-refractivity contribution in [2.75, 3.05) is 19.7 Å². The second-order valence-electron chi connectivity index (χ2n) is 8.87. The number of thiazole rings is 1. The number of amides is 1. The van der Waals surface area contributed by atoms with Gasteiger partial charge in [-0.1, -0.05) is 35.9 Å². The van der Waals surface area contributed by atoms with Gasteiger partial charge < -0.3 is 9.64 Å². The Kier molecular flexibility index (Phi) is 9.07. The molecule has 6 nitrogen and oxygen atoms in total. The van der Waals surface area contributed by atoms with E-state index in [0.29, 0.717) is 50.0 Å². The normalized spacial score (nSPS) is 15.8. The molecule has 0 spiro atoms. The Hall–Kier alpha value is -2.81. The smallest absolute Gasteiger partial charge is 0.310 e. The van der Waals surface area contributed by atoms with Gasteiger partial charge in [0.15, 0.2) is 0 Å². The number of halogens is 2. The maximum Gasteiger partial charge on any atom is 0.310 e. The fraction of sp³-hybridized carbons (Fsp3) is 0.370. The van der Waals surface area contributed by atoms with Gasteiger partial charge in [-0.2, -0.15) is 0 Å². The van der Waals surface area contributed by atoms with Crippen LogP contribution in [0.15, 0.2) is 53.9 Å². The van der Waals surface area contributed by atoms with Crippen LogP contribution in [-0.2, 0) is 29.2 Å². The highest BCUT2D eigenvalue weighted by molar-refractivity contribution is 7.09. The lowest BCUT2D eigenvalue weighted by atomic mass is 9.98. The molecule has 9 heteroatoms. The van der Waals surface area contributed by atoms with E-state index >= 15 is 0 Å².